The number of piperidine rings is 1. The number of nitrogens with one attached hydrogen (secondary N) is 2. The number of furan rings is 1. The second-order valence-electron chi connectivity index (χ2n) is 7.13. The summed E-state index contributed by atoms with van der Waals surface area (Å²) in [5.74, 6) is 1.43. The zero-order valence-corrected chi connectivity index (χ0v) is 15.8. The molecule has 0 unspecified atom stereocenters. The van der Waals surface area contributed by atoms with Crippen molar-refractivity contribution in [3.05, 3.63) is 66.9 Å². The minimum absolute atomic E-state index is 0.192. The van der Waals surface area contributed by atoms with Crippen LogP contribution in [-0.2, 0) is 6.54 Å². The number of urea groups is 1. The number of anilines is 1. The normalized spacial score (nSPS) is 17.4. The Morgan fingerprint density at radius 1 is 1.21 bits per heavy atom. The Bertz CT molecular complexity index is 876. The fraction of sp³-hybridized carbons (Fsp3) is 0.333. The average molecular weight is 379 g/mol. The van der Waals surface area contributed by atoms with Crippen LogP contribution < -0.4 is 10.6 Å². The SMILES string of the molecule is O=C(NC[C@H]1CCCN(Cc2ccco2)C1)Nc1ccccc1-n1cccn1. The molecular formula is C21H25N5O2. The van der Waals surface area contributed by atoms with E-state index in [1.165, 1.54) is 0 Å². The lowest BCUT2D eigenvalue weighted by Crippen LogP contribution is -2.41. The number of hydrogen-bond donors (Lipinski definition) is 2. The Balaban J connectivity index is 1.29. The molecule has 1 aromatic carbocycles. The summed E-state index contributed by atoms with van der Waals surface area (Å²) in [6.07, 6.45) is 7.54. The van der Waals surface area contributed by atoms with E-state index in [4.69, 9.17) is 4.42 Å². The number of nitrogens with zero attached hydrogens (tertiary/aromatic N) is 3. The van der Waals surface area contributed by atoms with Crippen molar-refractivity contribution >= 4 is 11.7 Å². The first-order valence-corrected chi connectivity index (χ1v) is 9.66. The summed E-state index contributed by atoms with van der Waals surface area (Å²) >= 11 is 0. The number of carbonyl (C=O) groups excluding carboxylic acids is 1. The number of amides is 2. The fourth-order valence-corrected chi connectivity index (χ4v) is 3.68. The van der Waals surface area contributed by atoms with Crippen molar-refractivity contribution in [2.24, 2.45) is 5.92 Å². The summed E-state index contributed by atoms with van der Waals surface area (Å²) in [5, 5.41) is 10.2. The van der Waals surface area contributed by atoms with Crippen LogP contribution in [-0.4, -0.2) is 40.3 Å². The van der Waals surface area contributed by atoms with Gasteiger partial charge in [-0.15, -0.1) is 0 Å². The summed E-state index contributed by atoms with van der Waals surface area (Å²) in [4.78, 5) is 14.8. The highest BCUT2D eigenvalue weighted by molar-refractivity contribution is 5.91. The van der Waals surface area contributed by atoms with Gasteiger partial charge < -0.3 is 15.1 Å². The van der Waals surface area contributed by atoms with Gasteiger partial charge in [0.1, 0.15) is 5.76 Å². The number of rotatable bonds is 6. The standard InChI is InChI=1S/C21H25N5O2/c27-21(24-19-8-1-2-9-20(19)26-12-5-10-23-26)22-14-17-6-3-11-25(15-17)16-18-7-4-13-28-18/h1-2,4-5,7-10,12-13,17H,3,6,11,14-16H2,(H2,22,24,27)/t17-/m1/s1. The maximum atomic E-state index is 12.4. The largest absolute Gasteiger partial charge is 0.468 e. The first-order valence-electron chi connectivity index (χ1n) is 9.66. The van der Waals surface area contributed by atoms with Gasteiger partial charge >= 0.3 is 6.03 Å². The maximum absolute atomic E-state index is 12.4. The van der Waals surface area contributed by atoms with Crippen molar-refractivity contribution in [3.63, 3.8) is 0 Å². The van der Waals surface area contributed by atoms with E-state index in [0.717, 1.165) is 49.6 Å². The highest BCUT2D eigenvalue weighted by Gasteiger charge is 2.21. The van der Waals surface area contributed by atoms with Crippen LogP contribution in [0, 0.1) is 5.92 Å². The molecule has 2 aromatic heterocycles. The van der Waals surface area contributed by atoms with Gasteiger partial charge in [0.05, 0.1) is 24.2 Å². The van der Waals surface area contributed by atoms with E-state index in [-0.39, 0.29) is 6.03 Å². The summed E-state index contributed by atoms with van der Waals surface area (Å²) < 4.78 is 7.19. The van der Waals surface area contributed by atoms with Crippen LogP contribution in [0.1, 0.15) is 18.6 Å². The van der Waals surface area contributed by atoms with E-state index < -0.39 is 0 Å². The first kappa shape index (κ1) is 18.3. The maximum Gasteiger partial charge on any atom is 0.319 e. The van der Waals surface area contributed by atoms with Gasteiger partial charge in [-0.2, -0.15) is 5.10 Å². The number of aromatic nitrogens is 2. The van der Waals surface area contributed by atoms with Crippen molar-refractivity contribution < 1.29 is 9.21 Å². The summed E-state index contributed by atoms with van der Waals surface area (Å²) in [6, 6.07) is 13.2. The molecular weight excluding hydrogens is 354 g/mol. The average Bonchev–Trinajstić information content (AvgIpc) is 3.41. The van der Waals surface area contributed by atoms with Crippen LogP contribution in [0.15, 0.2) is 65.5 Å². The summed E-state index contributed by atoms with van der Waals surface area (Å²) in [7, 11) is 0. The highest BCUT2D eigenvalue weighted by atomic mass is 16.3. The number of carbonyl (C=O) groups is 1. The Kier molecular flexibility index (Phi) is 5.72. The van der Waals surface area contributed by atoms with Gasteiger partial charge in [0.2, 0.25) is 0 Å². The molecule has 2 amide bonds. The zero-order valence-electron chi connectivity index (χ0n) is 15.8. The molecule has 1 aliphatic rings. The van der Waals surface area contributed by atoms with Crippen molar-refractivity contribution in [3.8, 4) is 5.69 Å². The van der Waals surface area contributed by atoms with E-state index in [9.17, 15) is 4.79 Å². The molecule has 0 aliphatic carbocycles. The third-order valence-electron chi connectivity index (χ3n) is 5.02. The second-order valence-corrected chi connectivity index (χ2v) is 7.13. The van der Waals surface area contributed by atoms with Crippen LogP contribution in [0.2, 0.25) is 0 Å². The lowest BCUT2D eigenvalue weighted by Gasteiger charge is -2.32. The Labute approximate surface area is 164 Å². The molecule has 1 aliphatic heterocycles. The van der Waals surface area contributed by atoms with Gasteiger partial charge in [-0.25, -0.2) is 9.48 Å². The molecule has 0 radical (unpaired) electrons. The monoisotopic (exact) mass is 379 g/mol. The van der Waals surface area contributed by atoms with Gasteiger partial charge in [0, 0.05) is 25.5 Å². The molecule has 1 atom stereocenters. The quantitative estimate of drug-likeness (QED) is 0.687. The molecule has 0 saturated carbocycles. The van der Waals surface area contributed by atoms with Crippen LogP contribution in [0.4, 0.5) is 10.5 Å². The van der Waals surface area contributed by atoms with Crippen molar-refractivity contribution in [2.75, 3.05) is 25.0 Å². The predicted molar refractivity (Wildman–Crippen MR) is 107 cm³/mol. The van der Waals surface area contributed by atoms with E-state index in [1.54, 1.807) is 17.1 Å². The summed E-state index contributed by atoms with van der Waals surface area (Å²) in [5.41, 5.74) is 1.57. The van der Waals surface area contributed by atoms with E-state index in [1.807, 2.05) is 48.7 Å². The minimum Gasteiger partial charge on any atom is -0.468 e. The zero-order chi connectivity index (χ0) is 19.2. The number of benzene rings is 1. The fourth-order valence-electron chi connectivity index (χ4n) is 3.68. The number of likely N-dealkylation sites (tertiary alicyclic amines) is 1. The van der Waals surface area contributed by atoms with E-state index in [2.05, 4.69) is 20.6 Å². The van der Waals surface area contributed by atoms with Gasteiger partial charge in [0.15, 0.2) is 0 Å². The van der Waals surface area contributed by atoms with E-state index in [0.29, 0.717) is 12.5 Å². The summed E-state index contributed by atoms with van der Waals surface area (Å²) in [6.45, 7) is 3.52. The molecule has 2 N–H and O–H groups in total. The van der Waals surface area contributed by atoms with Crippen LogP contribution >= 0.6 is 0 Å². The molecule has 3 heterocycles. The molecule has 28 heavy (non-hydrogen) atoms. The Morgan fingerprint density at radius 3 is 2.96 bits per heavy atom. The van der Waals surface area contributed by atoms with Gasteiger partial charge in [-0.1, -0.05) is 12.1 Å². The van der Waals surface area contributed by atoms with Gasteiger partial charge in [0.25, 0.3) is 0 Å². The van der Waals surface area contributed by atoms with Crippen molar-refractivity contribution in [1.82, 2.24) is 20.0 Å². The van der Waals surface area contributed by atoms with Crippen LogP contribution in [0.3, 0.4) is 0 Å². The molecule has 1 saturated heterocycles. The smallest absolute Gasteiger partial charge is 0.319 e. The molecule has 0 spiro atoms. The molecule has 4 rings (SSSR count). The molecule has 0 bridgehead atoms. The number of hydrogen-bond acceptors (Lipinski definition) is 4. The molecule has 1 fully saturated rings. The van der Waals surface area contributed by atoms with Crippen molar-refractivity contribution in [1.29, 1.82) is 0 Å². The van der Waals surface area contributed by atoms with E-state index >= 15 is 0 Å². The van der Waals surface area contributed by atoms with Crippen LogP contribution in [0.25, 0.3) is 5.69 Å². The first-order chi connectivity index (χ1) is 13.8. The Hall–Kier alpha value is -3.06. The van der Waals surface area contributed by atoms with Crippen LogP contribution in [0.5, 0.6) is 0 Å². The van der Waals surface area contributed by atoms with Gasteiger partial charge in [-0.3, -0.25) is 4.90 Å². The molecule has 7 nitrogen and oxygen atoms in total. The third kappa shape index (κ3) is 4.61. The highest BCUT2D eigenvalue weighted by Crippen LogP contribution is 2.20. The molecule has 3 aromatic rings. The second kappa shape index (κ2) is 8.75. The molecule has 7 heteroatoms. The molecule has 146 valence electrons. The lowest BCUT2D eigenvalue weighted by atomic mass is 9.98. The Morgan fingerprint density at radius 2 is 2.14 bits per heavy atom. The topological polar surface area (TPSA) is 75.3 Å². The predicted octanol–water partition coefficient (Wildman–Crippen LogP) is 3.50. The minimum atomic E-state index is -0.192. The lowest BCUT2D eigenvalue weighted by molar-refractivity contribution is 0.156. The van der Waals surface area contributed by atoms with Crippen molar-refractivity contribution in [2.45, 2.75) is 19.4 Å². The van der Waals surface area contributed by atoms with Gasteiger partial charge in [-0.05, 0) is 55.6 Å². The third-order valence-corrected chi connectivity index (χ3v) is 5.02. The number of para-hydroxylation sites is 2.